The molecule has 0 bridgehead atoms. The van der Waals surface area contributed by atoms with E-state index in [4.69, 9.17) is 16.3 Å². The summed E-state index contributed by atoms with van der Waals surface area (Å²) in [6.45, 7) is 1.66. The lowest BCUT2D eigenvalue weighted by atomic mass is 10.1. The maximum Gasteiger partial charge on any atom is 0.254 e. The second kappa shape index (κ2) is 6.19. The normalized spacial score (nSPS) is 14.0. The molecule has 1 aliphatic rings. The van der Waals surface area contributed by atoms with Gasteiger partial charge in [-0.05, 0) is 23.8 Å². The topological polar surface area (TPSA) is 29.5 Å². The highest BCUT2D eigenvalue weighted by atomic mass is 35.5. The molecule has 0 radical (unpaired) electrons. The number of rotatable bonds is 2. The molecule has 108 valence electrons. The average molecular weight is 302 g/mol. The molecule has 1 heterocycles. The number of fused-ring (bicyclic) bond motifs is 1. The summed E-state index contributed by atoms with van der Waals surface area (Å²) < 4.78 is 5.69. The minimum Gasteiger partial charge on any atom is -0.491 e. The van der Waals surface area contributed by atoms with Crippen molar-refractivity contribution in [2.75, 3.05) is 13.2 Å². The lowest BCUT2D eigenvalue weighted by Crippen LogP contribution is -2.32. The molecule has 0 aromatic heterocycles. The van der Waals surface area contributed by atoms with Crippen LogP contribution in [0.5, 0.6) is 5.75 Å². The van der Waals surface area contributed by atoms with Crippen molar-refractivity contribution in [1.29, 1.82) is 0 Å². The minimum atomic E-state index is 0.0160. The molecule has 1 aliphatic heterocycles. The van der Waals surface area contributed by atoms with Gasteiger partial charge in [-0.25, -0.2) is 0 Å². The Balaban J connectivity index is 1.84. The smallest absolute Gasteiger partial charge is 0.254 e. The maximum absolute atomic E-state index is 12.7. The Morgan fingerprint density at radius 3 is 2.90 bits per heavy atom. The van der Waals surface area contributed by atoms with E-state index in [0.717, 1.165) is 16.9 Å². The summed E-state index contributed by atoms with van der Waals surface area (Å²) in [5, 5.41) is 0. The number of benzene rings is 2. The third-order valence-corrected chi connectivity index (χ3v) is 3.88. The first-order chi connectivity index (χ1) is 10.3. The van der Waals surface area contributed by atoms with E-state index in [1.807, 2.05) is 53.4 Å². The van der Waals surface area contributed by atoms with Gasteiger partial charge >= 0.3 is 0 Å². The van der Waals surface area contributed by atoms with Gasteiger partial charge in [-0.2, -0.15) is 0 Å². The number of para-hydroxylation sites is 1. The molecule has 0 N–H and O–H groups in total. The third-order valence-electron chi connectivity index (χ3n) is 3.57. The molecule has 21 heavy (non-hydrogen) atoms. The molecule has 0 saturated heterocycles. The van der Waals surface area contributed by atoms with Crippen LogP contribution in [0, 0.1) is 0 Å². The first kappa shape index (κ1) is 14.0. The molecule has 0 fully saturated rings. The molecule has 3 nitrogen and oxygen atoms in total. The highest BCUT2D eigenvalue weighted by Gasteiger charge is 2.20. The first-order valence-electron chi connectivity index (χ1n) is 6.93. The number of carbonyl (C=O) groups excluding carboxylic acids is 1. The Labute approximate surface area is 129 Å². The van der Waals surface area contributed by atoms with Crippen molar-refractivity contribution in [3.8, 4) is 5.75 Å². The van der Waals surface area contributed by atoms with Crippen LogP contribution in [0.25, 0.3) is 0 Å². The quantitative estimate of drug-likeness (QED) is 0.795. The van der Waals surface area contributed by atoms with Crippen molar-refractivity contribution in [3.63, 3.8) is 0 Å². The van der Waals surface area contributed by atoms with E-state index in [9.17, 15) is 4.79 Å². The molecule has 2 aromatic carbocycles. The van der Waals surface area contributed by atoms with Crippen LogP contribution < -0.4 is 4.74 Å². The van der Waals surface area contributed by atoms with E-state index in [2.05, 4.69) is 0 Å². The van der Waals surface area contributed by atoms with Crippen molar-refractivity contribution in [2.45, 2.75) is 12.4 Å². The zero-order valence-corrected chi connectivity index (χ0v) is 12.3. The van der Waals surface area contributed by atoms with Gasteiger partial charge in [0, 0.05) is 23.6 Å². The van der Waals surface area contributed by atoms with Crippen LogP contribution >= 0.6 is 11.6 Å². The lowest BCUT2D eigenvalue weighted by molar-refractivity contribution is 0.0733. The summed E-state index contributed by atoms with van der Waals surface area (Å²) >= 11 is 5.84. The standard InChI is InChI=1S/C17H16ClNO2/c18-11-13-4-3-6-14(10-13)17(20)19-8-9-21-16-7-2-1-5-15(16)12-19/h1-7,10H,8-9,11-12H2. The number of carbonyl (C=O) groups is 1. The van der Waals surface area contributed by atoms with Gasteiger partial charge in [-0.3, -0.25) is 4.79 Å². The molecule has 0 spiro atoms. The SMILES string of the molecule is O=C(c1cccc(CCl)c1)N1CCOc2ccccc2C1. The fraction of sp³-hybridized carbons (Fsp3) is 0.235. The Morgan fingerprint density at radius 2 is 2.05 bits per heavy atom. The van der Waals surface area contributed by atoms with Crippen molar-refractivity contribution < 1.29 is 9.53 Å². The molecule has 1 amide bonds. The van der Waals surface area contributed by atoms with E-state index in [1.165, 1.54) is 0 Å². The van der Waals surface area contributed by atoms with Gasteiger partial charge in [0.1, 0.15) is 12.4 Å². The van der Waals surface area contributed by atoms with Crippen LogP contribution in [0.4, 0.5) is 0 Å². The fourth-order valence-corrected chi connectivity index (χ4v) is 2.64. The molecule has 4 heteroatoms. The van der Waals surface area contributed by atoms with Crippen molar-refractivity contribution >= 4 is 17.5 Å². The molecule has 0 aliphatic carbocycles. The van der Waals surface area contributed by atoms with Crippen LogP contribution in [0.3, 0.4) is 0 Å². The molecule has 0 saturated carbocycles. The van der Waals surface area contributed by atoms with Gasteiger partial charge in [0.25, 0.3) is 5.91 Å². The summed E-state index contributed by atoms with van der Waals surface area (Å²) in [6.07, 6.45) is 0. The second-order valence-electron chi connectivity index (χ2n) is 5.02. The number of amides is 1. The third kappa shape index (κ3) is 3.03. The highest BCUT2D eigenvalue weighted by Crippen LogP contribution is 2.23. The Morgan fingerprint density at radius 1 is 1.19 bits per heavy atom. The summed E-state index contributed by atoms with van der Waals surface area (Å²) in [6, 6.07) is 15.3. The average Bonchev–Trinajstić information content (AvgIpc) is 2.76. The van der Waals surface area contributed by atoms with E-state index in [-0.39, 0.29) is 5.91 Å². The van der Waals surface area contributed by atoms with Gasteiger partial charge in [-0.15, -0.1) is 11.6 Å². The number of hydrogen-bond acceptors (Lipinski definition) is 2. The van der Waals surface area contributed by atoms with E-state index in [1.54, 1.807) is 0 Å². The van der Waals surface area contributed by atoms with Gasteiger partial charge in [0.05, 0.1) is 6.54 Å². The highest BCUT2D eigenvalue weighted by molar-refractivity contribution is 6.17. The Bertz CT molecular complexity index is 657. The fourth-order valence-electron chi connectivity index (χ4n) is 2.47. The zero-order chi connectivity index (χ0) is 14.7. The van der Waals surface area contributed by atoms with Crippen molar-refractivity contribution in [3.05, 3.63) is 65.2 Å². The summed E-state index contributed by atoms with van der Waals surface area (Å²) in [5.41, 5.74) is 2.67. The number of ether oxygens (including phenoxy) is 1. The second-order valence-corrected chi connectivity index (χ2v) is 5.28. The minimum absolute atomic E-state index is 0.0160. The molecule has 0 unspecified atom stereocenters. The van der Waals surface area contributed by atoms with E-state index in [0.29, 0.717) is 31.1 Å². The van der Waals surface area contributed by atoms with Gasteiger partial charge in [-0.1, -0.05) is 30.3 Å². The summed E-state index contributed by atoms with van der Waals surface area (Å²) in [4.78, 5) is 14.5. The van der Waals surface area contributed by atoms with Crippen molar-refractivity contribution in [1.82, 2.24) is 4.90 Å². The molecule has 3 rings (SSSR count). The van der Waals surface area contributed by atoms with Gasteiger partial charge in [0.15, 0.2) is 0 Å². The van der Waals surface area contributed by atoms with Crippen LogP contribution in [0.2, 0.25) is 0 Å². The first-order valence-corrected chi connectivity index (χ1v) is 7.46. The van der Waals surface area contributed by atoms with Gasteiger partial charge < -0.3 is 9.64 Å². The Hall–Kier alpha value is -2.00. The van der Waals surface area contributed by atoms with Crippen LogP contribution in [-0.2, 0) is 12.4 Å². The van der Waals surface area contributed by atoms with Crippen molar-refractivity contribution in [2.24, 2.45) is 0 Å². The summed E-state index contributed by atoms with van der Waals surface area (Å²) in [5.74, 6) is 1.29. The zero-order valence-electron chi connectivity index (χ0n) is 11.6. The van der Waals surface area contributed by atoms with Crippen LogP contribution in [-0.4, -0.2) is 24.0 Å². The maximum atomic E-state index is 12.7. The molecule has 2 aromatic rings. The molecular weight excluding hydrogens is 286 g/mol. The summed E-state index contributed by atoms with van der Waals surface area (Å²) in [7, 11) is 0. The monoisotopic (exact) mass is 301 g/mol. The predicted molar refractivity (Wildman–Crippen MR) is 82.7 cm³/mol. The van der Waals surface area contributed by atoms with Crippen LogP contribution in [0.1, 0.15) is 21.5 Å². The number of hydrogen-bond donors (Lipinski definition) is 0. The van der Waals surface area contributed by atoms with Crippen LogP contribution in [0.15, 0.2) is 48.5 Å². The Kier molecular flexibility index (Phi) is 4.11. The molecular formula is C17H16ClNO2. The predicted octanol–water partition coefficient (Wildman–Crippen LogP) is 3.46. The van der Waals surface area contributed by atoms with Gasteiger partial charge in [0.2, 0.25) is 0 Å². The number of alkyl halides is 1. The van der Waals surface area contributed by atoms with E-state index >= 15 is 0 Å². The number of nitrogens with zero attached hydrogens (tertiary/aromatic N) is 1. The van der Waals surface area contributed by atoms with E-state index < -0.39 is 0 Å². The number of halogens is 1. The lowest BCUT2D eigenvalue weighted by Gasteiger charge is -2.20. The molecule has 0 atom stereocenters. The largest absolute Gasteiger partial charge is 0.491 e.